The molecule has 3 aromatic rings. The van der Waals surface area contributed by atoms with Gasteiger partial charge in [0.1, 0.15) is 5.75 Å². The van der Waals surface area contributed by atoms with Crippen molar-refractivity contribution < 1.29 is 19.0 Å². The molecule has 1 amide bonds. The maximum Gasteiger partial charge on any atom is 0.211 e. The SMILES string of the molecule is CC.CCCc1ncc(Cc2ccc(OC)c(NC=O)c2)c2cc(OC)c(OC)cc12. The standard InChI is InChI=1S/C23H26N2O4.C2H6/c1-5-6-19-18-12-23(29-4)22(28-3)11-17(18)16(13-24-19)9-15-7-8-21(27-2)20(10-15)25-14-26;1-2/h7-8,10-14H,5-6,9H2,1-4H3,(H,25,26);1-2H3. The van der Waals surface area contributed by atoms with Gasteiger partial charge in [-0.3, -0.25) is 9.78 Å². The Labute approximate surface area is 184 Å². The van der Waals surface area contributed by atoms with Crippen LogP contribution in [0.2, 0.25) is 0 Å². The van der Waals surface area contributed by atoms with Crippen LogP contribution < -0.4 is 19.5 Å². The predicted octanol–water partition coefficient (Wildman–Crippen LogP) is 5.40. The Balaban J connectivity index is 0.00000166. The van der Waals surface area contributed by atoms with Gasteiger partial charge in [0, 0.05) is 17.3 Å². The van der Waals surface area contributed by atoms with E-state index in [-0.39, 0.29) is 0 Å². The van der Waals surface area contributed by atoms with Crippen LogP contribution >= 0.6 is 0 Å². The number of aryl methyl sites for hydroxylation is 1. The molecule has 1 aromatic heterocycles. The van der Waals surface area contributed by atoms with Crippen LogP contribution in [-0.4, -0.2) is 32.7 Å². The molecule has 0 unspecified atom stereocenters. The minimum Gasteiger partial charge on any atom is -0.495 e. The zero-order chi connectivity index (χ0) is 22.8. The lowest BCUT2D eigenvalue weighted by Gasteiger charge is -2.15. The van der Waals surface area contributed by atoms with Gasteiger partial charge >= 0.3 is 0 Å². The molecule has 0 spiro atoms. The van der Waals surface area contributed by atoms with Crippen molar-refractivity contribution in [2.24, 2.45) is 0 Å². The quantitative estimate of drug-likeness (QED) is 0.466. The van der Waals surface area contributed by atoms with E-state index in [1.165, 1.54) is 0 Å². The summed E-state index contributed by atoms with van der Waals surface area (Å²) in [7, 11) is 4.85. The van der Waals surface area contributed by atoms with E-state index in [0.717, 1.165) is 40.4 Å². The smallest absolute Gasteiger partial charge is 0.211 e. The molecule has 2 aromatic carbocycles. The normalized spacial score (nSPS) is 10.1. The number of nitrogens with zero attached hydrogens (tertiary/aromatic N) is 1. The first kappa shape index (κ1) is 24.0. The fraction of sp³-hybridized carbons (Fsp3) is 0.360. The minimum absolute atomic E-state index is 0.619. The Morgan fingerprint density at radius 1 is 0.935 bits per heavy atom. The number of anilines is 1. The van der Waals surface area contributed by atoms with E-state index in [1.54, 1.807) is 21.3 Å². The lowest BCUT2D eigenvalue weighted by atomic mass is 9.97. The Morgan fingerprint density at radius 3 is 2.16 bits per heavy atom. The summed E-state index contributed by atoms with van der Waals surface area (Å²) in [5, 5.41) is 4.85. The van der Waals surface area contributed by atoms with Crippen LogP contribution in [0.15, 0.2) is 36.5 Å². The van der Waals surface area contributed by atoms with Gasteiger partial charge in [0.2, 0.25) is 6.41 Å². The number of hydrogen-bond donors (Lipinski definition) is 1. The van der Waals surface area contributed by atoms with Crippen LogP contribution in [0, 0.1) is 0 Å². The molecule has 0 aliphatic heterocycles. The summed E-state index contributed by atoms with van der Waals surface area (Å²) in [6, 6.07) is 9.77. The maximum absolute atomic E-state index is 10.9. The van der Waals surface area contributed by atoms with Crippen molar-refractivity contribution in [2.75, 3.05) is 26.6 Å². The van der Waals surface area contributed by atoms with Crippen LogP contribution in [0.4, 0.5) is 5.69 Å². The van der Waals surface area contributed by atoms with Gasteiger partial charge in [0.05, 0.1) is 27.0 Å². The van der Waals surface area contributed by atoms with Gasteiger partial charge in [0.25, 0.3) is 0 Å². The van der Waals surface area contributed by atoms with Gasteiger partial charge in [-0.15, -0.1) is 0 Å². The molecule has 6 heteroatoms. The molecule has 0 bridgehead atoms. The van der Waals surface area contributed by atoms with Crippen LogP contribution in [0.5, 0.6) is 17.2 Å². The number of rotatable bonds is 9. The van der Waals surface area contributed by atoms with Gasteiger partial charge in [-0.05, 0) is 53.6 Å². The van der Waals surface area contributed by atoms with E-state index in [2.05, 4.69) is 12.2 Å². The summed E-state index contributed by atoms with van der Waals surface area (Å²) in [5.41, 5.74) is 3.80. The first-order valence-corrected chi connectivity index (χ1v) is 10.5. The summed E-state index contributed by atoms with van der Waals surface area (Å²) >= 11 is 0. The number of hydrogen-bond acceptors (Lipinski definition) is 5. The Morgan fingerprint density at radius 2 is 1.58 bits per heavy atom. The summed E-state index contributed by atoms with van der Waals surface area (Å²) in [6.07, 6.45) is 5.13. The first-order valence-electron chi connectivity index (χ1n) is 10.5. The highest BCUT2D eigenvalue weighted by molar-refractivity contribution is 5.91. The molecular weight excluding hydrogens is 392 g/mol. The highest BCUT2D eigenvalue weighted by Crippen LogP contribution is 2.36. The number of amides is 1. The zero-order valence-electron chi connectivity index (χ0n) is 19.2. The number of benzene rings is 2. The van der Waals surface area contributed by atoms with Gasteiger partial charge < -0.3 is 19.5 Å². The van der Waals surface area contributed by atoms with E-state index < -0.39 is 0 Å². The van der Waals surface area contributed by atoms with Crippen LogP contribution in [0.3, 0.4) is 0 Å². The molecule has 166 valence electrons. The monoisotopic (exact) mass is 424 g/mol. The highest BCUT2D eigenvalue weighted by Gasteiger charge is 2.14. The van der Waals surface area contributed by atoms with Crippen molar-refractivity contribution in [1.29, 1.82) is 0 Å². The molecule has 6 nitrogen and oxygen atoms in total. The summed E-state index contributed by atoms with van der Waals surface area (Å²) in [6.45, 7) is 6.14. The fourth-order valence-electron chi connectivity index (χ4n) is 3.52. The number of carbonyl (C=O) groups excluding carboxylic acids is 1. The topological polar surface area (TPSA) is 69.7 Å². The summed E-state index contributed by atoms with van der Waals surface area (Å²) in [4.78, 5) is 15.6. The fourth-order valence-corrected chi connectivity index (χ4v) is 3.52. The molecule has 0 saturated heterocycles. The number of fused-ring (bicyclic) bond motifs is 1. The number of pyridine rings is 1. The second-order valence-corrected chi connectivity index (χ2v) is 6.71. The van der Waals surface area contributed by atoms with Gasteiger partial charge in [-0.25, -0.2) is 0 Å². The molecule has 0 fully saturated rings. The van der Waals surface area contributed by atoms with Crippen molar-refractivity contribution >= 4 is 22.9 Å². The van der Waals surface area contributed by atoms with Crippen LogP contribution in [0.25, 0.3) is 10.8 Å². The minimum atomic E-state index is 0.619. The van der Waals surface area contributed by atoms with Crippen molar-refractivity contribution in [3.05, 3.63) is 53.3 Å². The molecule has 1 N–H and O–H groups in total. The van der Waals surface area contributed by atoms with E-state index in [9.17, 15) is 4.79 Å². The number of ether oxygens (including phenoxy) is 3. The average molecular weight is 425 g/mol. The predicted molar refractivity (Wildman–Crippen MR) is 126 cm³/mol. The molecule has 0 aliphatic rings. The third-order valence-corrected chi connectivity index (χ3v) is 4.92. The lowest BCUT2D eigenvalue weighted by Crippen LogP contribution is -2.01. The second kappa shape index (κ2) is 11.8. The Hall–Kier alpha value is -3.28. The average Bonchev–Trinajstić information content (AvgIpc) is 2.81. The number of carbonyl (C=O) groups is 1. The van der Waals surface area contributed by atoms with Crippen molar-refractivity contribution in [2.45, 2.75) is 40.0 Å². The summed E-state index contributed by atoms with van der Waals surface area (Å²) < 4.78 is 16.3. The van der Waals surface area contributed by atoms with Gasteiger partial charge in [0.15, 0.2) is 11.5 Å². The van der Waals surface area contributed by atoms with E-state index >= 15 is 0 Å². The summed E-state index contributed by atoms with van der Waals surface area (Å²) in [5.74, 6) is 2.00. The zero-order valence-corrected chi connectivity index (χ0v) is 19.2. The molecule has 3 rings (SSSR count). The van der Waals surface area contributed by atoms with E-state index in [1.807, 2.05) is 50.4 Å². The third kappa shape index (κ3) is 5.45. The highest BCUT2D eigenvalue weighted by atomic mass is 16.5. The Bertz CT molecular complexity index is 1020. The van der Waals surface area contributed by atoms with E-state index in [0.29, 0.717) is 35.8 Å². The molecule has 0 aliphatic carbocycles. The molecule has 0 radical (unpaired) electrons. The maximum atomic E-state index is 10.9. The number of nitrogens with one attached hydrogen (secondary N) is 1. The van der Waals surface area contributed by atoms with Crippen LogP contribution in [0.1, 0.15) is 44.0 Å². The first-order chi connectivity index (χ1) is 15.1. The van der Waals surface area contributed by atoms with Gasteiger partial charge in [-0.1, -0.05) is 33.3 Å². The van der Waals surface area contributed by atoms with Crippen molar-refractivity contribution in [1.82, 2.24) is 4.98 Å². The molecule has 1 heterocycles. The van der Waals surface area contributed by atoms with Gasteiger partial charge in [-0.2, -0.15) is 0 Å². The van der Waals surface area contributed by atoms with Crippen molar-refractivity contribution in [3.63, 3.8) is 0 Å². The van der Waals surface area contributed by atoms with Crippen LogP contribution in [-0.2, 0) is 17.6 Å². The Kier molecular flexibility index (Phi) is 9.13. The molecular formula is C25H32N2O4. The number of methoxy groups -OCH3 is 3. The van der Waals surface area contributed by atoms with Crippen molar-refractivity contribution in [3.8, 4) is 17.2 Å². The second-order valence-electron chi connectivity index (χ2n) is 6.71. The lowest BCUT2D eigenvalue weighted by molar-refractivity contribution is -0.105. The molecule has 31 heavy (non-hydrogen) atoms. The molecule has 0 atom stereocenters. The van der Waals surface area contributed by atoms with E-state index in [4.69, 9.17) is 19.2 Å². The largest absolute Gasteiger partial charge is 0.495 e. The third-order valence-electron chi connectivity index (χ3n) is 4.92. The molecule has 0 saturated carbocycles. The number of aromatic nitrogens is 1.